The molecule has 2 heterocycles. The maximum absolute atomic E-state index is 15.0. The maximum Gasteiger partial charge on any atom is 0.357 e. The van der Waals surface area contributed by atoms with Crippen LogP contribution in [0.4, 0.5) is 9.18 Å². The molecule has 3 amide bonds. The summed E-state index contributed by atoms with van der Waals surface area (Å²) in [5.41, 5.74) is -2.92. The van der Waals surface area contributed by atoms with Crippen LogP contribution < -0.4 is 10.6 Å². The van der Waals surface area contributed by atoms with E-state index in [0.717, 1.165) is 19.3 Å². The van der Waals surface area contributed by atoms with Crippen molar-refractivity contribution in [2.24, 2.45) is 0 Å². The van der Waals surface area contributed by atoms with Gasteiger partial charge in [-0.15, -0.1) is 0 Å². The molecule has 0 aromatic carbocycles. The zero-order valence-corrected chi connectivity index (χ0v) is 11.3. The highest BCUT2D eigenvalue weighted by Crippen LogP contribution is 2.27. The van der Waals surface area contributed by atoms with Crippen molar-refractivity contribution in [1.82, 2.24) is 15.5 Å². The van der Waals surface area contributed by atoms with E-state index in [4.69, 9.17) is 0 Å². The lowest BCUT2D eigenvalue weighted by Gasteiger charge is -2.42. The van der Waals surface area contributed by atoms with Gasteiger partial charge < -0.3 is 10.1 Å². The Balaban J connectivity index is 2.29. The SMILES string of the molecule is CCOC(=O)C1(F)C(=O)NC(=O)NC1N1CCCCC1. The van der Waals surface area contributed by atoms with E-state index < -0.39 is 29.7 Å². The monoisotopic (exact) mass is 287 g/mol. The van der Waals surface area contributed by atoms with Gasteiger partial charge in [-0.1, -0.05) is 6.42 Å². The van der Waals surface area contributed by atoms with Crippen LogP contribution in [0.2, 0.25) is 0 Å². The van der Waals surface area contributed by atoms with Crippen LogP contribution in [0.3, 0.4) is 0 Å². The first-order valence-electron chi connectivity index (χ1n) is 6.72. The van der Waals surface area contributed by atoms with Gasteiger partial charge in [-0.05, 0) is 19.8 Å². The van der Waals surface area contributed by atoms with E-state index in [1.165, 1.54) is 6.92 Å². The zero-order chi connectivity index (χ0) is 14.8. The summed E-state index contributed by atoms with van der Waals surface area (Å²) in [7, 11) is 0. The molecule has 2 rings (SSSR count). The number of halogens is 1. The summed E-state index contributed by atoms with van der Waals surface area (Å²) in [5.74, 6) is -2.54. The van der Waals surface area contributed by atoms with Crippen LogP contribution in [0.25, 0.3) is 0 Å². The average molecular weight is 287 g/mol. The van der Waals surface area contributed by atoms with Crippen molar-refractivity contribution in [3.05, 3.63) is 0 Å². The first kappa shape index (κ1) is 14.7. The Bertz CT molecular complexity index is 425. The highest BCUT2D eigenvalue weighted by Gasteiger charge is 2.60. The molecule has 0 aromatic rings. The summed E-state index contributed by atoms with van der Waals surface area (Å²) in [6.07, 6.45) is 1.34. The second kappa shape index (κ2) is 5.74. The van der Waals surface area contributed by atoms with Gasteiger partial charge in [0.05, 0.1) is 6.61 Å². The number of amides is 3. The number of piperidine rings is 1. The summed E-state index contributed by atoms with van der Waals surface area (Å²) < 4.78 is 19.7. The van der Waals surface area contributed by atoms with Gasteiger partial charge in [0, 0.05) is 13.1 Å². The van der Waals surface area contributed by atoms with E-state index in [0.29, 0.717) is 13.1 Å². The van der Waals surface area contributed by atoms with Crippen molar-refractivity contribution in [2.45, 2.75) is 38.0 Å². The van der Waals surface area contributed by atoms with Crippen molar-refractivity contribution < 1.29 is 23.5 Å². The second-order valence-electron chi connectivity index (χ2n) is 4.86. The van der Waals surface area contributed by atoms with Crippen LogP contribution in [-0.4, -0.2) is 54.3 Å². The number of nitrogens with zero attached hydrogens (tertiary/aromatic N) is 1. The van der Waals surface area contributed by atoms with E-state index in [1.54, 1.807) is 10.2 Å². The summed E-state index contributed by atoms with van der Waals surface area (Å²) in [5, 5.41) is 4.11. The number of likely N-dealkylation sites (tertiary alicyclic amines) is 1. The predicted octanol–water partition coefficient (Wildman–Crippen LogP) is -0.0908. The minimum atomic E-state index is -2.92. The predicted molar refractivity (Wildman–Crippen MR) is 66.4 cm³/mol. The van der Waals surface area contributed by atoms with E-state index in [9.17, 15) is 14.4 Å². The van der Waals surface area contributed by atoms with Gasteiger partial charge in [0.1, 0.15) is 6.17 Å². The molecule has 2 saturated heterocycles. The smallest absolute Gasteiger partial charge is 0.357 e. The lowest BCUT2D eigenvalue weighted by Crippen LogP contribution is -2.75. The number of hydrogen-bond donors (Lipinski definition) is 2. The third-order valence-corrected chi connectivity index (χ3v) is 3.53. The lowest BCUT2D eigenvalue weighted by atomic mass is 9.96. The molecular formula is C12H18FN3O4. The highest BCUT2D eigenvalue weighted by atomic mass is 19.1. The molecule has 112 valence electrons. The van der Waals surface area contributed by atoms with Crippen LogP contribution in [0, 0.1) is 0 Å². The molecule has 2 unspecified atom stereocenters. The van der Waals surface area contributed by atoms with Crippen LogP contribution in [0.5, 0.6) is 0 Å². The Morgan fingerprint density at radius 1 is 1.40 bits per heavy atom. The standard InChI is InChI=1S/C12H18FN3O4/c1-2-20-10(18)12(13)8(14-11(19)15-9(12)17)16-6-4-3-5-7-16/h8H,2-7H2,1H3,(H2,14,15,17,19). The van der Waals surface area contributed by atoms with E-state index in [-0.39, 0.29) is 6.61 Å². The van der Waals surface area contributed by atoms with Crippen LogP contribution in [-0.2, 0) is 14.3 Å². The van der Waals surface area contributed by atoms with Gasteiger partial charge in [-0.2, -0.15) is 0 Å². The molecule has 0 radical (unpaired) electrons. The van der Waals surface area contributed by atoms with Crippen LogP contribution in [0.1, 0.15) is 26.2 Å². The van der Waals surface area contributed by atoms with E-state index >= 15 is 4.39 Å². The number of imide groups is 1. The number of rotatable bonds is 3. The molecule has 0 aliphatic carbocycles. The molecule has 0 aromatic heterocycles. The van der Waals surface area contributed by atoms with Gasteiger partial charge in [-0.25, -0.2) is 14.0 Å². The zero-order valence-electron chi connectivity index (χ0n) is 11.3. The number of urea groups is 1. The Hall–Kier alpha value is -1.70. The topological polar surface area (TPSA) is 87.7 Å². The molecule has 0 bridgehead atoms. The van der Waals surface area contributed by atoms with Crippen molar-refractivity contribution in [3.8, 4) is 0 Å². The Morgan fingerprint density at radius 2 is 2.05 bits per heavy atom. The van der Waals surface area contributed by atoms with Crippen LogP contribution in [0.15, 0.2) is 0 Å². The third kappa shape index (κ3) is 2.47. The van der Waals surface area contributed by atoms with Crippen molar-refractivity contribution in [1.29, 1.82) is 0 Å². The molecule has 7 nitrogen and oxygen atoms in total. The van der Waals surface area contributed by atoms with Crippen molar-refractivity contribution in [3.63, 3.8) is 0 Å². The van der Waals surface area contributed by atoms with E-state index in [1.807, 2.05) is 0 Å². The third-order valence-electron chi connectivity index (χ3n) is 3.53. The fraction of sp³-hybridized carbons (Fsp3) is 0.750. The molecule has 2 atom stereocenters. The number of carbonyl (C=O) groups excluding carboxylic acids is 3. The fourth-order valence-corrected chi connectivity index (χ4v) is 2.54. The van der Waals surface area contributed by atoms with Gasteiger partial charge in [0.2, 0.25) is 0 Å². The van der Waals surface area contributed by atoms with Gasteiger partial charge in [0.15, 0.2) is 0 Å². The molecule has 0 spiro atoms. The number of nitrogens with one attached hydrogen (secondary N) is 2. The Kier molecular flexibility index (Phi) is 4.22. The first-order valence-corrected chi connectivity index (χ1v) is 6.72. The highest BCUT2D eigenvalue weighted by molar-refractivity contribution is 6.14. The number of alkyl halides is 1. The number of hydrogen-bond acceptors (Lipinski definition) is 5. The van der Waals surface area contributed by atoms with Gasteiger partial charge in [0.25, 0.3) is 5.91 Å². The molecule has 2 N–H and O–H groups in total. The Morgan fingerprint density at radius 3 is 2.65 bits per heavy atom. The van der Waals surface area contributed by atoms with Crippen molar-refractivity contribution >= 4 is 17.9 Å². The number of ether oxygens (including phenoxy) is 1. The molecule has 0 saturated carbocycles. The summed E-state index contributed by atoms with van der Waals surface area (Å²) in [4.78, 5) is 36.7. The lowest BCUT2D eigenvalue weighted by molar-refractivity contribution is -0.171. The quantitative estimate of drug-likeness (QED) is 0.559. The summed E-state index contributed by atoms with van der Waals surface area (Å²) in [6.45, 7) is 2.52. The fourth-order valence-electron chi connectivity index (χ4n) is 2.54. The number of esters is 1. The van der Waals surface area contributed by atoms with Crippen molar-refractivity contribution in [2.75, 3.05) is 19.7 Å². The largest absolute Gasteiger partial charge is 0.463 e. The molecule has 2 aliphatic rings. The normalized spacial score (nSPS) is 31.4. The van der Waals surface area contributed by atoms with Gasteiger partial charge >= 0.3 is 17.7 Å². The summed E-state index contributed by atoms with van der Waals surface area (Å²) in [6, 6.07) is -0.803. The van der Waals surface area contributed by atoms with E-state index in [2.05, 4.69) is 10.1 Å². The first-order chi connectivity index (χ1) is 9.50. The minimum Gasteiger partial charge on any atom is -0.463 e. The maximum atomic E-state index is 15.0. The minimum absolute atomic E-state index is 0.0432. The Labute approximate surface area is 115 Å². The molecular weight excluding hydrogens is 269 g/mol. The molecule has 2 fully saturated rings. The molecule has 2 aliphatic heterocycles. The summed E-state index contributed by atoms with van der Waals surface area (Å²) >= 11 is 0. The number of carbonyl (C=O) groups is 3. The average Bonchev–Trinajstić information content (AvgIpc) is 2.44. The molecule has 20 heavy (non-hydrogen) atoms. The second-order valence-corrected chi connectivity index (χ2v) is 4.86. The van der Waals surface area contributed by atoms with Gasteiger partial charge in [-0.3, -0.25) is 15.0 Å². The van der Waals surface area contributed by atoms with Crippen LogP contribution >= 0.6 is 0 Å². The molecule has 8 heteroatoms.